The van der Waals surface area contributed by atoms with E-state index >= 15 is 0 Å². The minimum absolute atomic E-state index is 0.347. The summed E-state index contributed by atoms with van der Waals surface area (Å²) in [5.41, 5.74) is 2.55. The van der Waals surface area contributed by atoms with Crippen molar-refractivity contribution < 1.29 is 25.2 Å². The van der Waals surface area contributed by atoms with Crippen LogP contribution in [-0.2, 0) is 16.8 Å². The Morgan fingerprint density at radius 2 is 1.71 bits per heavy atom. The molecule has 5 atom stereocenters. The highest BCUT2D eigenvalue weighted by molar-refractivity contribution is 6.31. The smallest absolute Gasteiger partial charge is 0.122 e. The summed E-state index contributed by atoms with van der Waals surface area (Å²) in [7, 11) is 0. The first-order valence-corrected chi connectivity index (χ1v) is 9.87. The summed E-state index contributed by atoms with van der Waals surface area (Å²) in [4.78, 5) is 0. The largest absolute Gasteiger partial charge is 0.394 e. The SMILES string of the molecule is CCC1(c2ccc(Cl)c(Cc3ccc(C)cc3)c2)OC(CO)C(O)C(O)C1O. The number of halogens is 1. The van der Waals surface area contributed by atoms with Gasteiger partial charge in [0.05, 0.1) is 6.61 Å². The van der Waals surface area contributed by atoms with Crippen LogP contribution in [0.5, 0.6) is 0 Å². The van der Waals surface area contributed by atoms with Gasteiger partial charge in [-0.05, 0) is 42.5 Å². The molecule has 1 heterocycles. The van der Waals surface area contributed by atoms with Gasteiger partial charge in [0.25, 0.3) is 0 Å². The van der Waals surface area contributed by atoms with Gasteiger partial charge in [-0.25, -0.2) is 0 Å². The van der Waals surface area contributed by atoms with Crippen LogP contribution in [0, 0.1) is 6.92 Å². The highest BCUT2D eigenvalue weighted by Gasteiger charge is 2.53. The number of ether oxygens (including phenoxy) is 1. The normalized spacial score (nSPS) is 30.4. The first-order valence-electron chi connectivity index (χ1n) is 9.49. The van der Waals surface area contributed by atoms with E-state index in [0.29, 0.717) is 23.4 Å². The van der Waals surface area contributed by atoms with Gasteiger partial charge in [0, 0.05) is 5.02 Å². The molecule has 1 fully saturated rings. The fourth-order valence-electron chi connectivity index (χ4n) is 3.87. The van der Waals surface area contributed by atoms with Crippen molar-refractivity contribution in [1.82, 2.24) is 0 Å². The van der Waals surface area contributed by atoms with Gasteiger partial charge in [-0.15, -0.1) is 0 Å². The van der Waals surface area contributed by atoms with Crippen molar-refractivity contribution in [2.24, 2.45) is 0 Å². The summed E-state index contributed by atoms with van der Waals surface area (Å²) >= 11 is 6.42. The summed E-state index contributed by atoms with van der Waals surface area (Å²) in [6, 6.07) is 13.5. The lowest BCUT2D eigenvalue weighted by Gasteiger charge is -2.48. The molecular weight excluding hydrogens is 380 g/mol. The number of aliphatic hydroxyl groups is 4. The lowest BCUT2D eigenvalue weighted by atomic mass is 9.77. The molecule has 5 unspecified atom stereocenters. The molecule has 1 saturated heterocycles. The molecular formula is C22H27ClO5. The van der Waals surface area contributed by atoms with E-state index in [9.17, 15) is 20.4 Å². The Labute approximate surface area is 170 Å². The van der Waals surface area contributed by atoms with Crippen LogP contribution in [0.4, 0.5) is 0 Å². The zero-order valence-corrected chi connectivity index (χ0v) is 16.8. The van der Waals surface area contributed by atoms with Gasteiger partial charge in [0.15, 0.2) is 0 Å². The van der Waals surface area contributed by atoms with Crippen LogP contribution < -0.4 is 0 Å². The van der Waals surface area contributed by atoms with Gasteiger partial charge >= 0.3 is 0 Å². The number of hydrogen-bond acceptors (Lipinski definition) is 5. The molecule has 28 heavy (non-hydrogen) atoms. The molecule has 3 rings (SSSR count). The molecule has 5 nitrogen and oxygen atoms in total. The van der Waals surface area contributed by atoms with Crippen molar-refractivity contribution in [3.63, 3.8) is 0 Å². The van der Waals surface area contributed by atoms with E-state index in [4.69, 9.17) is 16.3 Å². The van der Waals surface area contributed by atoms with Gasteiger partial charge < -0.3 is 25.2 Å². The second-order valence-electron chi connectivity index (χ2n) is 7.48. The van der Waals surface area contributed by atoms with Gasteiger partial charge in [-0.1, -0.05) is 60.5 Å². The maximum Gasteiger partial charge on any atom is 0.122 e. The first kappa shape index (κ1) is 21.2. The predicted octanol–water partition coefficient (Wildman–Crippen LogP) is 2.32. The van der Waals surface area contributed by atoms with Crippen LogP contribution in [0.1, 0.15) is 35.6 Å². The van der Waals surface area contributed by atoms with Crippen molar-refractivity contribution in [3.8, 4) is 0 Å². The Morgan fingerprint density at radius 3 is 2.32 bits per heavy atom. The summed E-state index contributed by atoms with van der Waals surface area (Å²) < 4.78 is 5.96. The van der Waals surface area contributed by atoms with Gasteiger partial charge in [0.1, 0.15) is 30.0 Å². The molecule has 6 heteroatoms. The molecule has 2 aromatic carbocycles. The second kappa shape index (κ2) is 8.49. The summed E-state index contributed by atoms with van der Waals surface area (Å²) in [6.07, 6.45) is -4.17. The Hall–Kier alpha value is -1.47. The molecule has 0 amide bonds. The first-order chi connectivity index (χ1) is 13.3. The van der Waals surface area contributed by atoms with E-state index in [0.717, 1.165) is 11.1 Å². The second-order valence-corrected chi connectivity index (χ2v) is 7.88. The van der Waals surface area contributed by atoms with Crippen molar-refractivity contribution in [3.05, 3.63) is 69.7 Å². The van der Waals surface area contributed by atoms with Crippen LogP contribution in [0.15, 0.2) is 42.5 Å². The van der Waals surface area contributed by atoms with Crippen LogP contribution in [0.3, 0.4) is 0 Å². The molecule has 2 aromatic rings. The van der Waals surface area contributed by atoms with E-state index in [1.807, 2.05) is 44.2 Å². The van der Waals surface area contributed by atoms with Crippen molar-refractivity contribution in [2.75, 3.05) is 6.61 Å². The average Bonchev–Trinajstić information content (AvgIpc) is 2.70. The highest BCUT2D eigenvalue weighted by Crippen LogP contribution is 2.42. The minimum atomic E-state index is -1.43. The summed E-state index contributed by atoms with van der Waals surface area (Å²) in [5.74, 6) is 0. The maximum absolute atomic E-state index is 10.8. The molecule has 152 valence electrons. The summed E-state index contributed by atoms with van der Waals surface area (Å²) in [5, 5.41) is 41.3. The molecule has 0 radical (unpaired) electrons. The van der Waals surface area contributed by atoms with E-state index < -0.39 is 36.6 Å². The third-order valence-electron chi connectivity index (χ3n) is 5.65. The molecule has 1 aliphatic rings. The number of rotatable bonds is 5. The molecule has 0 aromatic heterocycles. The van der Waals surface area contributed by atoms with Crippen molar-refractivity contribution in [1.29, 1.82) is 0 Å². The summed E-state index contributed by atoms with van der Waals surface area (Å²) in [6.45, 7) is 3.40. The molecule has 1 aliphatic heterocycles. The standard InChI is InChI=1S/C22H27ClO5/c1-3-22(21(27)20(26)19(25)18(12-24)28-22)16-8-9-17(23)15(11-16)10-14-6-4-13(2)5-7-14/h4-9,11,18-21,24-27H,3,10,12H2,1-2H3. The Balaban J connectivity index is 2.00. The van der Waals surface area contributed by atoms with Crippen LogP contribution in [0.2, 0.25) is 5.02 Å². The molecule has 0 spiro atoms. The lowest BCUT2D eigenvalue weighted by molar-refractivity contribution is -0.280. The monoisotopic (exact) mass is 406 g/mol. The topological polar surface area (TPSA) is 90.2 Å². The van der Waals surface area contributed by atoms with Gasteiger partial charge in [0.2, 0.25) is 0 Å². The van der Waals surface area contributed by atoms with Crippen LogP contribution in [0.25, 0.3) is 0 Å². The fraction of sp³-hybridized carbons (Fsp3) is 0.455. The van der Waals surface area contributed by atoms with Crippen LogP contribution >= 0.6 is 11.6 Å². The Bertz CT molecular complexity index is 807. The third-order valence-corrected chi connectivity index (χ3v) is 6.02. The molecule has 4 N–H and O–H groups in total. The zero-order valence-electron chi connectivity index (χ0n) is 16.0. The minimum Gasteiger partial charge on any atom is -0.394 e. The van der Waals surface area contributed by atoms with E-state index in [-0.39, 0.29) is 0 Å². The number of hydrogen-bond donors (Lipinski definition) is 4. The Kier molecular flexibility index (Phi) is 6.44. The van der Waals surface area contributed by atoms with E-state index in [1.54, 1.807) is 12.1 Å². The van der Waals surface area contributed by atoms with Gasteiger partial charge in [-0.2, -0.15) is 0 Å². The van der Waals surface area contributed by atoms with Gasteiger partial charge in [-0.3, -0.25) is 0 Å². The number of aliphatic hydroxyl groups excluding tert-OH is 4. The predicted molar refractivity (Wildman–Crippen MR) is 107 cm³/mol. The van der Waals surface area contributed by atoms with Crippen molar-refractivity contribution >= 4 is 11.6 Å². The van der Waals surface area contributed by atoms with E-state index in [2.05, 4.69) is 0 Å². The average molecular weight is 407 g/mol. The quantitative estimate of drug-likeness (QED) is 0.611. The Morgan fingerprint density at radius 1 is 1.04 bits per heavy atom. The maximum atomic E-state index is 10.8. The molecule has 0 aliphatic carbocycles. The number of aryl methyl sites for hydroxylation is 1. The highest BCUT2D eigenvalue weighted by atomic mass is 35.5. The third kappa shape index (κ3) is 3.83. The van der Waals surface area contributed by atoms with E-state index in [1.165, 1.54) is 5.56 Å². The molecule has 0 bridgehead atoms. The zero-order chi connectivity index (χ0) is 20.5. The molecule has 0 saturated carbocycles. The fourth-order valence-corrected chi connectivity index (χ4v) is 4.06. The van der Waals surface area contributed by atoms with Crippen molar-refractivity contribution in [2.45, 2.75) is 56.7 Å². The lowest BCUT2D eigenvalue weighted by Crippen LogP contribution is -2.63. The number of benzene rings is 2. The van der Waals surface area contributed by atoms with Crippen LogP contribution in [-0.4, -0.2) is 51.4 Å².